The number of hydrogen-bond acceptors (Lipinski definition) is 6. The van der Waals surface area contributed by atoms with E-state index < -0.39 is 0 Å². The maximum Gasteiger partial charge on any atom is 0.234 e. The molecule has 1 N–H and O–H groups in total. The lowest BCUT2D eigenvalue weighted by atomic mass is 10.2. The zero-order valence-corrected chi connectivity index (χ0v) is 23.3. The van der Waals surface area contributed by atoms with Gasteiger partial charge in [0.15, 0.2) is 11.0 Å². The fraction of sp³-hybridized carbons (Fsp3) is 0.100. The van der Waals surface area contributed by atoms with Gasteiger partial charge in [0.05, 0.1) is 12.3 Å². The molecule has 0 saturated heterocycles. The van der Waals surface area contributed by atoms with Crippen LogP contribution >= 0.6 is 27.7 Å². The first-order valence-corrected chi connectivity index (χ1v) is 14.0. The van der Waals surface area contributed by atoms with Gasteiger partial charge in [-0.15, -0.1) is 10.2 Å². The van der Waals surface area contributed by atoms with Crippen molar-refractivity contribution >= 4 is 39.3 Å². The predicted octanol–water partition coefficient (Wildman–Crippen LogP) is 7.19. The third kappa shape index (κ3) is 7.72. The molecule has 4 aromatic carbocycles. The highest BCUT2D eigenvalue weighted by atomic mass is 79.9. The zero-order valence-electron chi connectivity index (χ0n) is 20.9. The molecule has 196 valence electrons. The maximum absolute atomic E-state index is 12.7. The Labute approximate surface area is 239 Å². The Balaban J connectivity index is 1.21. The number of anilines is 1. The Kier molecular flexibility index (Phi) is 8.93. The van der Waals surface area contributed by atoms with E-state index in [2.05, 4.69) is 31.4 Å². The highest BCUT2D eigenvalue weighted by molar-refractivity contribution is 9.10. The zero-order chi connectivity index (χ0) is 26.9. The van der Waals surface area contributed by atoms with Gasteiger partial charge in [-0.05, 0) is 66.2 Å². The lowest BCUT2D eigenvalue weighted by molar-refractivity contribution is -0.113. The van der Waals surface area contributed by atoms with E-state index in [0.29, 0.717) is 29.0 Å². The first kappa shape index (κ1) is 26.5. The molecule has 0 aliphatic rings. The normalized spacial score (nSPS) is 10.7. The molecule has 0 aliphatic carbocycles. The minimum Gasteiger partial charge on any atom is -0.486 e. The number of carbonyl (C=O) groups excluding carboxylic acids is 1. The molecule has 5 aromatic rings. The van der Waals surface area contributed by atoms with Crippen LogP contribution in [0.15, 0.2) is 119 Å². The number of ether oxygens (including phenoxy) is 2. The van der Waals surface area contributed by atoms with Crippen molar-refractivity contribution in [3.8, 4) is 17.2 Å². The molecule has 0 saturated carbocycles. The first-order valence-electron chi connectivity index (χ1n) is 12.2. The van der Waals surface area contributed by atoms with Gasteiger partial charge in [0.25, 0.3) is 0 Å². The SMILES string of the molecule is O=C(CSc1nnc(COc2ccc(Br)cc2)n1Cc1ccccc1)Nc1ccc(Oc2ccccc2)cc1. The Hall–Kier alpha value is -4.08. The van der Waals surface area contributed by atoms with Crippen molar-refractivity contribution in [3.63, 3.8) is 0 Å². The topological polar surface area (TPSA) is 78.3 Å². The van der Waals surface area contributed by atoms with Crippen molar-refractivity contribution in [1.82, 2.24) is 14.8 Å². The molecule has 39 heavy (non-hydrogen) atoms. The lowest BCUT2D eigenvalue weighted by Gasteiger charge is -2.12. The number of carbonyl (C=O) groups is 1. The molecule has 0 radical (unpaired) electrons. The van der Waals surface area contributed by atoms with E-state index in [-0.39, 0.29) is 18.3 Å². The molecule has 0 fully saturated rings. The van der Waals surface area contributed by atoms with Crippen molar-refractivity contribution in [3.05, 3.63) is 125 Å². The number of amides is 1. The summed E-state index contributed by atoms with van der Waals surface area (Å²) in [6, 6.07) is 34.5. The van der Waals surface area contributed by atoms with Crippen LogP contribution in [-0.4, -0.2) is 26.4 Å². The standard InChI is InChI=1S/C30H25BrN4O3S/c31-23-11-15-25(16-12-23)37-20-28-33-34-30(35(28)19-22-7-3-1-4-8-22)39-21-29(36)32-24-13-17-27(18-14-24)38-26-9-5-2-6-10-26/h1-18H,19-21H2,(H,32,36). The number of rotatable bonds is 11. The second-order valence-electron chi connectivity index (χ2n) is 8.49. The number of nitrogens with zero attached hydrogens (tertiary/aromatic N) is 3. The van der Waals surface area contributed by atoms with Gasteiger partial charge >= 0.3 is 0 Å². The smallest absolute Gasteiger partial charge is 0.234 e. The molecule has 0 atom stereocenters. The number of para-hydroxylation sites is 1. The summed E-state index contributed by atoms with van der Waals surface area (Å²) in [7, 11) is 0. The Morgan fingerprint density at radius 2 is 1.44 bits per heavy atom. The molecular weight excluding hydrogens is 576 g/mol. The van der Waals surface area contributed by atoms with Crippen molar-refractivity contribution in [2.24, 2.45) is 0 Å². The van der Waals surface area contributed by atoms with Gasteiger partial charge in [0.2, 0.25) is 5.91 Å². The molecule has 7 nitrogen and oxygen atoms in total. The van der Waals surface area contributed by atoms with Crippen LogP contribution in [0.4, 0.5) is 5.69 Å². The van der Waals surface area contributed by atoms with E-state index in [0.717, 1.165) is 21.5 Å². The van der Waals surface area contributed by atoms with Crippen LogP contribution < -0.4 is 14.8 Å². The maximum atomic E-state index is 12.7. The number of aromatic nitrogens is 3. The highest BCUT2D eigenvalue weighted by Crippen LogP contribution is 2.24. The van der Waals surface area contributed by atoms with Gasteiger partial charge in [-0.25, -0.2) is 0 Å². The lowest BCUT2D eigenvalue weighted by Crippen LogP contribution is -2.15. The van der Waals surface area contributed by atoms with Crippen molar-refractivity contribution < 1.29 is 14.3 Å². The highest BCUT2D eigenvalue weighted by Gasteiger charge is 2.16. The first-order chi connectivity index (χ1) is 19.1. The Bertz CT molecular complexity index is 1500. The molecule has 0 spiro atoms. The molecule has 0 aliphatic heterocycles. The third-order valence-electron chi connectivity index (χ3n) is 5.61. The van der Waals surface area contributed by atoms with E-state index in [1.807, 2.05) is 114 Å². The van der Waals surface area contributed by atoms with E-state index in [9.17, 15) is 4.79 Å². The summed E-state index contributed by atoms with van der Waals surface area (Å²) in [6.07, 6.45) is 0. The number of hydrogen-bond donors (Lipinski definition) is 1. The van der Waals surface area contributed by atoms with Crippen LogP contribution in [0.1, 0.15) is 11.4 Å². The van der Waals surface area contributed by atoms with Crippen LogP contribution in [0, 0.1) is 0 Å². The van der Waals surface area contributed by atoms with Crippen LogP contribution in [0.2, 0.25) is 0 Å². The molecule has 0 unspecified atom stereocenters. The van der Waals surface area contributed by atoms with Crippen molar-refractivity contribution in [2.45, 2.75) is 18.3 Å². The van der Waals surface area contributed by atoms with Gasteiger partial charge in [0.1, 0.15) is 23.9 Å². The van der Waals surface area contributed by atoms with Gasteiger partial charge in [-0.2, -0.15) is 0 Å². The summed E-state index contributed by atoms with van der Waals surface area (Å²) in [5, 5.41) is 12.3. The summed E-state index contributed by atoms with van der Waals surface area (Å²) in [5.41, 5.74) is 1.79. The molecule has 5 rings (SSSR count). The summed E-state index contributed by atoms with van der Waals surface area (Å²) >= 11 is 4.77. The monoisotopic (exact) mass is 600 g/mol. The summed E-state index contributed by atoms with van der Waals surface area (Å²) in [6.45, 7) is 0.825. The molecule has 1 heterocycles. The fourth-order valence-electron chi connectivity index (χ4n) is 3.69. The molecule has 1 aromatic heterocycles. The molecule has 0 bridgehead atoms. The minimum atomic E-state index is -0.140. The van der Waals surface area contributed by atoms with Gasteiger partial charge in [-0.1, -0.05) is 76.2 Å². The summed E-state index contributed by atoms with van der Waals surface area (Å²) in [4.78, 5) is 12.7. The van der Waals surface area contributed by atoms with Crippen LogP contribution in [0.5, 0.6) is 17.2 Å². The molecule has 9 heteroatoms. The van der Waals surface area contributed by atoms with Crippen LogP contribution in [-0.2, 0) is 17.9 Å². The average molecular weight is 602 g/mol. The minimum absolute atomic E-state index is 0.140. The summed E-state index contributed by atoms with van der Waals surface area (Å²) < 4.78 is 14.7. The fourth-order valence-corrected chi connectivity index (χ4v) is 4.72. The van der Waals surface area contributed by atoms with Gasteiger partial charge in [-0.3, -0.25) is 9.36 Å². The number of benzene rings is 4. The van der Waals surface area contributed by atoms with E-state index in [1.54, 1.807) is 0 Å². The Morgan fingerprint density at radius 3 is 2.15 bits per heavy atom. The van der Waals surface area contributed by atoms with Gasteiger partial charge in [0, 0.05) is 10.2 Å². The Morgan fingerprint density at radius 1 is 0.795 bits per heavy atom. The quantitative estimate of drug-likeness (QED) is 0.162. The number of halogens is 1. The molecule has 1 amide bonds. The van der Waals surface area contributed by atoms with E-state index >= 15 is 0 Å². The number of thioether (sulfide) groups is 1. The van der Waals surface area contributed by atoms with Gasteiger partial charge < -0.3 is 14.8 Å². The number of nitrogens with one attached hydrogen (secondary N) is 1. The van der Waals surface area contributed by atoms with Crippen LogP contribution in [0.25, 0.3) is 0 Å². The second-order valence-corrected chi connectivity index (χ2v) is 10.3. The third-order valence-corrected chi connectivity index (χ3v) is 7.10. The largest absolute Gasteiger partial charge is 0.486 e. The molecular formula is C30H25BrN4O3S. The second kappa shape index (κ2) is 13.1. The predicted molar refractivity (Wildman–Crippen MR) is 156 cm³/mol. The summed E-state index contributed by atoms with van der Waals surface area (Å²) in [5.74, 6) is 2.91. The van der Waals surface area contributed by atoms with E-state index in [4.69, 9.17) is 9.47 Å². The van der Waals surface area contributed by atoms with Crippen LogP contribution in [0.3, 0.4) is 0 Å². The van der Waals surface area contributed by atoms with Crippen molar-refractivity contribution in [2.75, 3.05) is 11.1 Å². The van der Waals surface area contributed by atoms with E-state index in [1.165, 1.54) is 11.8 Å². The van der Waals surface area contributed by atoms with Crippen molar-refractivity contribution in [1.29, 1.82) is 0 Å². The average Bonchev–Trinajstić information content (AvgIpc) is 3.35.